The zero-order chi connectivity index (χ0) is 12.3. The van der Waals surface area contributed by atoms with Crippen LogP contribution >= 0.6 is 0 Å². The van der Waals surface area contributed by atoms with Crippen molar-refractivity contribution in [2.75, 3.05) is 0 Å². The molecule has 0 unspecified atom stereocenters. The number of carboxylic acid groups (broad SMARTS) is 1. The lowest BCUT2D eigenvalue weighted by atomic mass is 9.91. The summed E-state index contributed by atoms with van der Waals surface area (Å²) in [5.74, 6) is -1.47. The molecule has 0 aromatic heterocycles. The van der Waals surface area contributed by atoms with Crippen LogP contribution in [-0.4, -0.2) is 16.2 Å². The minimum absolute atomic E-state index is 0.131. The third kappa shape index (κ3) is 2.45. The molecule has 0 saturated carbocycles. The lowest BCUT2D eigenvalue weighted by Gasteiger charge is -2.13. The number of rotatable bonds is 3. The summed E-state index contributed by atoms with van der Waals surface area (Å²) in [6.45, 7) is 0. The van der Waals surface area contributed by atoms with Gasteiger partial charge in [-0.3, -0.25) is 4.79 Å². The Kier molecular flexibility index (Phi) is 3.10. The molecule has 0 aliphatic rings. The van der Waals surface area contributed by atoms with Gasteiger partial charge in [-0.05, 0) is 23.3 Å². The summed E-state index contributed by atoms with van der Waals surface area (Å²) >= 11 is 0. The Morgan fingerprint density at radius 3 is 1.94 bits per heavy atom. The van der Waals surface area contributed by atoms with Crippen LogP contribution in [0.2, 0.25) is 0 Å². The van der Waals surface area contributed by atoms with Crippen LogP contribution < -0.4 is 0 Å². The maximum atomic E-state index is 11.3. The highest BCUT2D eigenvalue weighted by Gasteiger charge is 2.21. The number of benzene rings is 2. The summed E-state index contributed by atoms with van der Waals surface area (Å²) in [7, 11) is 0. The van der Waals surface area contributed by atoms with Gasteiger partial charge in [-0.1, -0.05) is 42.5 Å². The highest BCUT2D eigenvalue weighted by atomic mass is 16.4. The van der Waals surface area contributed by atoms with E-state index in [0.717, 1.165) is 5.56 Å². The second-order valence-corrected chi connectivity index (χ2v) is 3.77. The number of carboxylic acids is 1. The van der Waals surface area contributed by atoms with Crippen molar-refractivity contribution in [1.29, 1.82) is 0 Å². The van der Waals surface area contributed by atoms with Gasteiger partial charge in [-0.15, -0.1) is 0 Å². The molecule has 0 aliphatic carbocycles. The number of aromatic hydroxyl groups is 1. The monoisotopic (exact) mass is 228 g/mol. The first-order valence-corrected chi connectivity index (χ1v) is 5.25. The quantitative estimate of drug-likeness (QED) is 0.849. The van der Waals surface area contributed by atoms with E-state index in [-0.39, 0.29) is 5.75 Å². The summed E-state index contributed by atoms with van der Waals surface area (Å²) in [6, 6.07) is 15.3. The zero-order valence-electron chi connectivity index (χ0n) is 9.08. The number of phenolic OH excluding ortho intramolecular Hbond substituents is 1. The second-order valence-electron chi connectivity index (χ2n) is 3.77. The maximum absolute atomic E-state index is 11.3. The van der Waals surface area contributed by atoms with Gasteiger partial charge < -0.3 is 10.2 Å². The number of hydrogen-bond donors (Lipinski definition) is 2. The van der Waals surface area contributed by atoms with E-state index in [1.165, 1.54) is 12.1 Å². The van der Waals surface area contributed by atoms with Crippen LogP contribution in [0.1, 0.15) is 17.0 Å². The maximum Gasteiger partial charge on any atom is 0.315 e. The Morgan fingerprint density at radius 2 is 1.41 bits per heavy atom. The molecule has 0 radical (unpaired) electrons. The third-order valence-corrected chi connectivity index (χ3v) is 2.61. The molecule has 3 nitrogen and oxygen atoms in total. The Balaban J connectivity index is 2.43. The Labute approximate surface area is 99.0 Å². The van der Waals surface area contributed by atoms with Gasteiger partial charge in [-0.25, -0.2) is 0 Å². The van der Waals surface area contributed by atoms with Gasteiger partial charge in [0.25, 0.3) is 0 Å². The highest BCUT2D eigenvalue weighted by molar-refractivity contribution is 5.80. The van der Waals surface area contributed by atoms with Crippen LogP contribution in [0.15, 0.2) is 54.6 Å². The molecule has 2 aromatic rings. The molecule has 0 aliphatic heterocycles. The molecule has 3 heteroatoms. The topological polar surface area (TPSA) is 57.5 Å². The van der Waals surface area contributed by atoms with E-state index in [2.05, 4.69) is 0 Å². The van der Waals surface area contributed by atoms with Crippen molar-refractivity contribution >= 4 is 5.97 Å². The molecular formula is C14H12O3. The molecule has 17 heavy (non-hydrogen) atoms. The van der Waals surface area contributed by atoms with Gasteiger partial charge in [-0.2, -0.15) is 0 Å². The smallest absolute Gasteiger partial charge is 0.315 e. The second kappa shape index (κ2) is 4.70. The van der Waals surface area contributed by atoms with E-state index in [0.29, 0.717) is 5.56 Å². The summed E-state index contributed by atoms with van der Waals surface area (Å²) < 4.78 is 0. The van der Waals surface area contributed by atoms with Crippen LogP contribution in [0.5, 0.6) is 5.75 Å². The molecule has 0 amide bonds. The van der Waals surface area contributed by atoms with E-state index >= 15 is 0 Å². The van der Waals surface area contributed by atoms with E-state index in [9.17, 15) is 15.0 Å². The van der Waals surface area contributed by atoms with Crippen LogP contribution in [0.3, 0.4) is 0 Å². The predicted molar refractivity (Wildman–Crippen MR) is 64.0 cm³/mol. The van der Waals surface area contributed by atoms with E-state index in [4.69, 9.17) is 0 Å². The summed E-state index contributed by atoms with van der Waals surface area (Å²) in [4.78, 5) is 11.3. The third-order valence-electron chi connectivity index (χ3n) is 2.61. The van der Waals surface area contributed by atoms with Gasteiger partial charge in [0.2, 0.25) is 0 Å². The summed E-state index contributed by atoms with van der Waals surface area (Å²) in [5.41, 5.74) is 1.38. The Bertz CT molecular complexity index is 503. The fourth-order valence-corrected chi connectivity index (χ4v) is 1.79. The minimum Gasteiger partial charge on any atom is -0.508 e. The first-order chi connectivity index (χ1) is 8.18. The van der Waals surface area contributed by atoms with Crippen LogP contribution in [0, 0.1) is 0 Å². The number of hydrogen-bond acceptors (Lipinski definition) is 2. The molecule has 1 atom stereocenters. The van der Waals surface area contributed by atoms with Crippen molar-refractivity contribution in [3.63, 3.8) is 0 Å². The molecule has 86 valence electrons. The molecule has 2 rings (SSSR count). The average molecular weight is 228 g/mol. The fourth-order valence-electron chi connectivity index (χ4n) is 1.79. The average Bonchev–Trinajstić information content (AvgIpc) is 2.33. The molecular weight excluding hydrogens is 216 g/mol. The Morgan fingerprint density at radius 1 is 0.882 bits per heavy atom. The van der Waals surface area contributed by atoms with Crippen molar-refractivity contribution in [1.82, 2.24) is 0 Å². The zero-order valence-corrected chi connectivity index (χ0v) is 9.08. The van der Waals surface area contributed by atoms with E-state index in [1.54, 1.807) is 24.3 Å². The first kappa shape index (κ1) is 11.2. The number of phenols is 1. The lowest BCUT2D eigenvalue weighted by molar-refractivity contribution is -0.137. The van der Waals surface area contributed by atoms with Gasteiger partial charge in [0.05, 0.1) is 0 Å². The predicted octanol–water partition coefficient (Wildman–Crippen LogP) is 2.61. The Hall–Kier alpha value is -2.29. The van der Waals surface area contributed by atoms with Crippen LogP contribution in [0.25, 0.3) is 0 Å². The molecule has 0 fully saturated rings. The molecule has 0 saturated heterocycles. The van der Waals surface area contributed by atoms with Crippen molar-refractivity contribution in [3.8, 4) is 5.75 Å². The first-order valence-electron chi connectivity index (χ1n) is 5.25. The summed E-state index contributed by atoms with van der Waals surface area (Å²) in [6.07, 6.45) is 0. The van der Waals surface area contributed by atoms with Crippen molar-refractivity contribution in [3.05, 3.63) is 65.7 Å². The van der Waals surface area contributed by atoms with E-state index in [1.807, 2.05) is 18.2 Å². The largest absolute Gasteiger partial charge is 0.508 e. The van der Waals surface area contributed by atoms with Crippen LogP contribution in [-0.2, 0) is 4.79 Å². The number of carbonyl (C=O) groups is 1. The molecule has 2 N–H and O–H groups in total. The van der Waals surface area contributed by atoms with Crippen molar-refractivity contribution in [2.45, 2.75) is 5.92 Å². The van der Waals surface area contributed by atoms with Crippen LogP contribution in [0.4, 0.5) is 0 Å². The standard InChI is InChI=1S/C14H12O3/c15-12-8-6-11(7-9-12)13(14(16)17)10-4-2-1-3-5-10/h1-9,13,15H,(H,16,17)/t13-/m0/s1. The van der Waals surface area contributed by atoms with Gasteiger partial charge in [0, 0.05) is 0 Å². The van der Waals surface area contributed by atoms with Crippen molar-refractivity contribution < 1.29 is 15.0 Å². The van der Waals surface area contributed by atoms with E-state index < -0.39 is 11.9 Å². The van der Waals surface area contributed by atoms with Gasteiger partial charge >= 0.3 is 5.97 Å². The molecule has 0 heterocycles. The lowest BCUT2D eigenvalue weighted by Crippen LogP contribution is -2.12. The molecule has 0 bridgehead atoms. The minimum atomic E-state index is -0.901. The molecule has 0 spiro atoms. The normalized spacial score (nSPS) is 12.0. The fraction of sp³-hybridized carbons (Fsp3) is 0.0714. The van der Waals surface area contributed by atoms with Crippen molar-refractivity contribution in [2.24, 2.45) is 0 Å². The molecule has 2 aromatic carbocycles. The highest BCUT2D eigenvalue weighted by Crippen LogP contribution is 2.26. The number of aliphatic carboxylic acids is 1. The SMILES string of the molecule is O=C(O)[C@@H](c1ccccc1)c1ccc(O)cc1. The van der Waals surface area contributed by atoms with Gasteiger partial charge in [0.1, 0.15) is 11.7 Å². The van der Waals surface area contributed by atoms with Gasteiger partial charge in [0.15, 0.2) is 0 Å². The summed E-state index contributed by atoms with van der Waals surface area (Å²) in [5, 5.41) is 18.5.